The molecule has 0 aliphatic carbocycles. The van der Waals surface area contributed by atoms with Gasteiger partial charge in [-0.05, 0) is 60.9 Å². The summed E-state index contributed by atoms with van der Waals surface area (Å²) < 4.78 is 17.0. The summed E-state index contributed by atoms with van der Waals surface area (Å²) in [4.78, 5) is 28.1. The van der Waals surface area contributed by atoms with Gasteiger partial charge in [-0.15, -0.1) is 0 Å². The molecule has 3 rings (SSSR count). The lowest BCUT2D eigenvalue weighted by Crippen LogP contribution is -2.17. The molecular formula is C26H27ClN2O6. The molecule has 0 bridgehead atoms. The molecule has 1 heterocycles. The van der Waals surface area contributed by atoms with Crippen molar-refractivity contribution in [1.82, 2.24) is 4.98 Å². The molecular weight excluding hydrogens is 472 g/mol. The zero-order valence-corrected chi connectivity index (χ0v) is 20.3. The van der Waals surface area contributed by atoms with Crippen LogP contribution in [0.3, 0.4) is 0 Å². The van der Waals surface area contributed by atoms with Crippen molar-refractivity contribution in [1.29, 1.82) is 0 Å². The molecule has 0 spiro atoms. The van der Waals surface area contributed by atoms with Crippen molar-refractivity contribution in [3.05, 3.63) is 76.4 Å². The van der Waals surface area contributed by atoms with Gasteiger partial charge < -0.3 is 24.6 Å². The predicted octanol–water partition coefficient (Wildman–Crippen LogP) is 5.52. The van der Waals surface area contributed by atoms with Crippen LogP contribution in [-0.2, 0) is 16.0 Å². The molecule has 3 aromatic rings. The molecule has 1 amide bonds. The largest absolute Gasteiger partial charge is 0.491 e. The minimum absolute atomic E-state index is 0.0159. The van der Waals surface area contributed by atoms with Gasteiger partial charge in [-0.2, -0.15) is 0 Å². The molecule has 1 aromatic heterocycles. The van der Waals surface area contributed by atoms with Crippen LogP contribution in [0.2, 0.25) is 5.02 Å². The van der Waals surface area contributed by atoms with Crippen LogP contribution in [0.15, 0.2) is 54.7 Å². The second kappa shape index (κ2) is 12.7. The molecule has 0 atom stereocenters. The molecule has 0 radical (unpaired) electrons. The molecule has 35 heavy (non-hydrogen) atoms. The number of nitrogens with zero attached hydrogens (tertiary/aromatic N) is 1. The predicted molar refractivity (Wildman–Crippen MR) is 133 cm³/mol. The summed E-state index contributed by atoms with van der Waals surface area (Å²) in [6, 6.07) is 13.2. The number of nitrogens with one attached hydrogen (secondary N) is 1. The highest BCUT2D eigenvalue weighted by molar-refractivity contribution is 6.31. The highest BCUT2D eigenvalue weighted by Gasteiger charge is 2.14. The lowest BCUT2D eigenvalue weighted by atomic mass is 10.1. The smallest absolute Gasteiger partial charge is 0.337 e. The molecule has 2 aromatic carbocycles. The highest BCUT2D eigenvalue weighted by atomic mass is 35.5. The average molecular weight is 499 g/mol. The molecule has 9 heteroatoms. The third-order valence-electron chi connectivity index (χ3n) is 4.85. The number of carbonyl (C=O) groups is 2. The van der Waals surface area contributed by atoms with Crippen LogP contribution < -0.4 is 14.8 Å². The second-order valence-corrected chi connectivity index (χ2v) is 8.15. The molecule has 0 fully saturated rings. The van der Waals surface area contributed by atoms with Crippen LogP contribution in [-0.4, -0.2) is 41.8 Å². The van der Waals surface area contributed by atoms with E-state index in [1.165, 1.54) is 24.4 Å². The standard InChI is InChI=1S/C26H27ClN2O6/c1-3-10-33-11-12-34-20-6-8-23(17(2)13-20)35-25-9-4-18(16-28-25)14-24(30)29-22-7-5-19(27)15-21(22)26(31)32/h4-9,13,15-16H,3,10-12,14H2,1-2H3,(H,29,30)(H,31,32). The van der Waals surface area contributed by atoms with E-state index in [-0.39, 0.29) is 28.6 Å². The average Bonchev–Trinajstić information content (AvgIpc) is 2.83. The number of hydrogen-bond acceptors (Lipinski definition) is 6. The molecule has 2 N–H and O–H groups in total. The lowest BCUT2D eigenvalue weighted by Gasteiger charge is -2.12. The first kappa shape index (κ1) is 26.0. The highest BCUT2D eigenvalue weighted by Crippen LogP contribution is 2.27. The first-order valence-corrected chi connectivity index (χ1v) is 11.5. The number of anilines is 1. The Hall–Kier alpha value is -3.62. The monoisotopic (exact) mass is 498 g/mol. The molecule has 184 valence electrons. The number of hydrogen-bond donors (Lipinski definition) is 2. The topological polar surface area (TPSA) is 107 Å². The quantitative estimate of drug-likeness (QED) is 0.316. The number of rotatable bonds is 12. The Morgan fingerprint density at radius 1 is 1.06 bits per heavy atom. The van der Waals surface area contributed by atoms with E-state index in [4.69, 9.17) is 25.8 Å². The Kier molecular flexibility index (Phi) is 9.46. The number of carboxylic acids is 1. The Labute approximate surface area is 208 Å². The number of aryl methyl sites for hydroxylation is 1. The molecule has 0 aliphatic heterocycles. The molecule has 0 unspecified atom stereocenters. The SMILES string of the molecule is CCCOCCOc1ccc(Oc2ccc(CC(=O)Nc3ccc(Cl)cc3C(=O)O)cn2)c(C)c1. The van der Waals surface area contributed by atoms with Gasteiger partial charge in [0.25, 0.3) is 0 Å². The minimum atomic E-state index is -1.18. The lowest BCUT2D eigenvalue weighted by molar-refractivity contribution is -0.115. The maximum absolute atomic E-state index is 12.4. The van der Waals surface area contributed by atoms with Crippen molar-refractivity contribution in [3.8, 4) is 17.4 Å². The summed E-state index contributed by atoms with van der Waals surface area (Å²) in [6.45, 7) is 5.71. The third-order valence-corrected chi connectivity index (χ3v) is 5.09. The van der Waals surface area contributed by atoms with E-state index in [2.05, 4.69) is 17.2 Å². The number of carboxylic acid groups (broad SMARTS) is 1. The number of pyridine rings is 1. The van der Waals surface area contributed by atoms with Crippen LogP contribution >= 0.6 is 11.6 Å². The number of carbonyl (C=O) groups excluding carboxylic acids is 1. The van der Waals surface area contributed by atoms with E-state index in [0.717, 1.165) is 24.3 Å². The summed E-state index contributed by atoms with van der Waals surface area (Å²) in [7, 11) is 0. The number of amides is 1. The zero-order chi connectivity index (χ0) is 25.2. The third kappa shape index (κ3) is 7.98. The van der Waals surface area contributed by atoms with Crippen LogP contribution in [0.1, 0.15) is 34.8 Å². The van der Waals surface area contributed by atoms with E-state index in [0.29, 0.717) is 30.4 Å². The van der Waals surface area contributed by atoms with Gasteiger partial charge in [0.15, 0.2) is 0 Å². The number of aromatic carboxylic acids is 1. The fourth-order valence-corrected chi connectivity index (χ4v) is 3.33. The maximum Gasteiger partial charge on any atom is 0.337 e. The summed E-state index contributed by atoms with van der Waals surface area (Å²) in [5.41, 5.74) is 1.63. The van der Waals surface area contributed by atoms with Gasteiger partial charge in [-0.1, -0.05) is 24.6 Å². The first-order valence-electron chi connectivity index (χ1n) is 11.1. The number of aromatic nitrogens is 1. The van der Waals surface area contributed by atoms with Gasteiger partial charge in [0.05, 0.1) is 24.3 Å². The van der Waals surface area contributed by atoms with Gasteiger partial charge in [0.2, 0.25) is 11.8 Å². The Morgan fingerprint density at radius 2 is 1.89 bits per heavy atom. The fourth-order valence-electron chi connectivity index (χ4n) is 3.16. The summed E-state index contributed by atoms with van der Waals surface area (Å²) >= 11 is 5.85. The van der Waals surface area contributed by atoms with Crippen molar-refractivity contribution in [2.45, 2.75) is 26.7 Å². The van der Waals surface area contributed by atoms with E-state index < -0.39 is 5.97 Å². The number of ether oxygens (including phenoxy) is 3. The van der Waals surface area contributed by atoms with Gasteiger partial charge in [-0.25, -0.2) is 9.78 Å². The summed E-state index contributed by atoms with van der Waals surface area (Å²) in [6.07, 6.45) is 2.53. The van der Waals surface area contributed by atoms with E-state index in [1.807, 2.05) is 25.1 Å². The summed E-state index contributed by atoms with van der Waals surface area (Å²) in [5, 5.41) is 12.2. The van der Waals surface area contributed by atoms with Crippen LogP contribution in [0.5, 0.6) is 17.4 Å². The Bertz CT molecular complexity index is 1170. The fraction of sp³-hybridized carbons (Fsp3) is 0.269. The summed E-state index contributed by atoms with van der Waals surface area (Å²) in [5.74, 6) is 0.195. The van der Waals surface area contributed by atoms with E-state index in [1.54, 1.807) is 12.1 Å². The maximum atomic E-state index is 12.4. The normalized spacial score (nSPS) is 10.6. The number of benzene rings is 2. The van der Waals surface area contributed by atoms with Gasteiger partial charge >= 0.3 is 5.97 Å². The number of halogens is 1. The van der Waals surface area contributed by atoms with Gasteiger partial charge in [0.1, 0.15) is 18.1 Å². The van der Waals surface area contributed by atoms with Crippen LogP contribution in [0.4, 0.5) is 5.69 Å². The van der Waals surface area contributed by atoms with Crippen molar-refractivity contribution >= 4 is 29.2 Å². The first-order chi connectivity index (χ1) is 16.9. The molecule has 8 nitrogen and oxygen atoms in total. The van der Waals surface area contributed by atoms with E-state index in [9.17, 15) is 14.7 Å². The Balaban J connectivity index is 1.55. The Morgan fingerprint density at radius 3 is 2.57 bits per heavy atom. The molecule has 0 saturated carbocycles. The van der Waals surface area contributed by atoms with Gasteiger partial charge in [0, 0.05) is 23.9 Å². The minimum Gasteiger partial charge on any atom is -0.491 e. The zero-order valence-electron chi connectivity index (χ0n) is 19.5. The van der Waals surface area contributed by atoms with E-state index >= 15 is 0 Å². The van der Waals surface area contributed by atoms with Crippen molar-refractivity contribution < 1.29 is 28.9 Å². The van der Waals surface area contributed by atoms with Crippen molar-refractivity contribution in [2.75, 3.05) is 25.1 Å². The van der Waals surface area contributed by atoms with Crippen molar-refractivity contribution in [3.63, 3.8) is 0 Å². The molecule has 0 saturated heterocycles. The molecule has 0 aliphatic rings. The second-order valence-electron chi connectivity index (χ2n) is 7.71. The van der Waals surface area contributed by atoms with Crippen LogP contribution in [0.25, 0.3) is 0 Å². The van der Waals surface area contributed by atoms with Gasteiger partial charge in [-0.3, -0.25) is 4.79 Å². The van der Waals surface area contributed by atoms with Crippen molar-refractivity contribution in [2.24, 2.45) is 0 Å². The van der Waals surface area contributed by atoms with Crippen LogP contribution in [0, 0.1) is 6.92 Å².